The summed E-state index contributed by atoms with van der Waals surface area (Å²) in [6.45, 7) is 5.42. The van der Waals surface area contributed by atoms with Crippen LogP contribution in [-0.2, 0) is 16.6 Å². The molecular formula is C19H22FN3O2. The molecule has 6 heteroatoms. The summed E-state index contributed by atoms with van der Waals surface area (Å²) < 4.78 is 20.7. The third kappa shape index (κ3) is 3.64. The topological polar surface area (TPSA) is 47.4 Å². The number of carbonyl (C=O) groups excluding carboxylic acids is 1. The van der Waals surface area contributed by atoms with Gasteiger partial charge in [0.05, 0.1) is 24.9 Å². The van der Waals surface area contributed by atoms with Gasteiger partial charge in [0.2, 0.25) is 5.91 Å². The molecule has 0 bridgehead atoms. The number of aryl methyl sites for hydroxylation is 2. The fourth-order valence-electron chi connectivity index (χ4n) is 3.25. The predicted molar refractivity (Wildman–Crippen MR) is 93.4 cm³/mol. The Morgan fingerprint density at radius 3 is 2.88 bits per heavy atom. The van der Waals surface area contributed by atoms with Gasteiger partial charge in [-0.2, -0.15) is 5.10 Å². The zero-order chi connectivity index (χ0) is 18.0. The zero-order valence-electron chi connectivity index (χ0n) is 14.7. The Morgan fingerprint density at radius 2 is 2.20 bits per heavy atom. The number of benzene rings is 1. The number of nitrogens with zero attached hydrogens (tertiary/aromatic N) is 3. The lowest BCUT2D eigenvalue weighted by atomic mass is 10.0. The fourth-order valence-corrected chi connectivity index (χ4v) is 3.25. The number of carbonyl (C=O) groups is 1. The average molecular weight is 343 g/mol. The molecule has 5 nitrogen and oxygen atoms in total. The van der Waals surface area contributed by atoms with Crippen LogP contribution in [0, 0.1) is 19.7 Å². The molecule has 1 aromatic carbocycles. The number of morpholine rings is 1. The number of hydrogen-bond acceptors (Lipinski definition) is 3. The van der Waals surface area contributed by atoms with Crippen LogP contribution in [0.2, 0.25) is 0 Å². The van der Waals surface area contributed by atoms with E-state index in [-0.39, 0.29) is 17.8 Å². The lowest BCUT2D eigenvalue weighted by Gasteiger charge is -2.35. The van der Waals surface area contributed by atoms with Gasteiger partial charge < -0.3 is 9.64 Å². The first-order chi connectivity index (χ1) is 12.0. The summed E-state index contributed by atoms with van der Waals surface area (Å²) in [5, 5.41) is 4.45. The molecule has 1 aliphatic rings. The van der Waals surface area contributed by atoms with Crippen LogP contribution in [0.25, 0.3) is 6.08 Å². The van der Waals surface area contributed by atoms with Crippen molar-refractivity contribution in [2.24, 2.45) is 7.05 Å². The van der Waals surface area contributed by atoms with Gasteiger partial charge in [0.1, 0.15) is 5.82 Å². The monoisotopic (exact) mass is 343 g/mol. The number of halogens is 1. The summed E-state index contributed by atoms with van der Waals surface area (Å²) in [7, 11) is 1.89. The van der Waals surface area contributed by atoms with Crippen LogP contribution in [0.3, 0.4) is 0 Å². The Balaban J connectivity index is 1.84. The van der Waals surface area contributed by atoms with Gasteiger partial charge in [-0.05, 0) is 37.6 Å². The number of hydrogen-bond donors (Lipinski definition) is 0. The molecule has 2 heterocycles. The van der Waals surface area contributed by atoms with E-state index >= 15 is 0 Å². The van der Waals surface area contributed by atoms with Gasteiger partial charge in [0, 0.05) is 30.9 Å². The number of rotatable bonds is 3. The Labute approximate surface area is 146 Å². The van der Waals surface area contributed by atoms with Crippen LogP contribution in [0.5, 0.6) is 0 Å². The molecule has 25 heavy (non-hydrogen) atoms. The minimum atomic E-state index is -0.319. The van der Waals surface area contributed by atoms with Crippen molar-refractivity contribution in [3.8, 4) is 0 Å². The SMILES string of the molecule is Cc1nn(C)c(C)c1C1COCCN1C(=O)C=Cc1cccc(F)c1. The van der Waals surface area contributed by atoms with Crippen molar-refractivity contribution in [1.29, 1.82) is 0 Å². The highest BCUT2D eigenvalue weighted by molar-refractivity contribution is 5.92. The first kappa shape index (κ1) is 17.4. The van der Waals surface area contributed by atoms with E-state index in [1.807, 2.05) is 25.6 Å². The summed E-state index contributed by atoms with van der Waals surface area (Å²) in [4.78, 5) is 14.5. The van der Waals surface area contributed by atoms with Crippen molar-refractivity contribution in [3.63, 3.8) is 0 Å². The standard InChI is InChI=1S/C19H22FN3O2/c1-13-19(14(2)22(3)21-13)17-12-25-10-9-23(17)18(24)8-7-15-5-4-6-16(20)11-15/h4-8,11,17H,9-10,12H2,1-3H3. The minimum Gasteiger partial charge on any atom is -0.377 e. The molecule has 1 unspecified atom stereocenters. The molecule has 1 saturated heterocycles. The highest BCUT2D eigenvalue weighted by Gasteiger charge is 2.31. The first-order valence-electron chi connectivity index (χ1n) is 8.29. The molecular weight excluding hydrogens is 321 g/mol. The summed E-state index contributed by atoms with van der Waals surface area (Å²) >= 11 is 0. The van der Waals surface area contributed by atoms with E-state index in [4.69, 9.17) is 4.74 Å². The number of ether oxygens (including phenoxy) is 1. The summed E-state index contributed by atoms with van der Waals surface area (Å²) in [6, 6.07) is 6.01. The molecule has 3 rings (SSSR count). The van der Waals surface area contributed by atoms with Gasteiger partial charge >= 0.3 is 0 Å². The molecule has 0 spiro atoms. The van der Waals surface area contributed by atoms with Crippen LogP contribution >= 0.6 is 0 Å². The van der Waals surface area contributed by atoms with E-state index in [1.54, 1.807) is 23.1 Å². The minimum absolute atomic E-state index is 0.111. The van der Waals surface area contributed by atoms with Gasteiger partial charge in [-0.3, -0.25) is 9.48 Å². The lowest BCUT2D eigenvalue weighted by Crippen LogP contribution is -2.43. The normalized spacial score (nSPS) is 18.1. The fraction of sp³-hybridized carbons (Fsp3) is 0.368. The van der Waals surface area contributed by atoms with E-state index in [0.717, 1.165) is 17.0 Å². The largest absolute Gasteiger partial charge is 0.377 e. The Hall–Kier alpha value is -2.47. The molecule has 1 fully saturated rings. The van der Waals surface area contributed by atoms with Crippen LogP contribution < -0.4 is 0 Å². The molecule has 132 valence electrons. The Morgan fingerprint density at radius 1 is 1.40 bits per heavy atom. The highest BCUT2D eigenvalue weighted by Crippen LogP contribution is 2.29. The molecule has 0 aliphatic carbocycles. The Bertz CT molecular complexity index is 813. The zero-order valence-corrected chi connectivity index (χ0v) is 14.7. The van der Waals surface area contributed by atoms with Gasteiger partial charge in [-0.1, -0.05) is 12.1 Å². The van der Waals surface area contributed by atoms with Crippen molar-refractivity contribution < 1.29 is 13.9 Å². The van der Waals surface area contributed by atoms with E-state index in [0.29, 0.717) is 25.3 Å². The molecule has 1 aromatic heterocycles. The van der Waals surface area contributed by atoms with Crippen molar-refractivity contribution in [3.05, 3.63) is 58.7 Å². The molecule has 1 amide bonds. The summed E-state index contributed by atoms with van der Waals surface area (Å²) in [5.74, 6) is -0.430. The number of amides is 1. The Kier molecular flexibility index (Phi) is 4.99. The van der Waals surface area contributed by atoms with Crippen molar-refractivity contribution in [2.45, 2.75) is 19.9 Å². The molecule has 2 aromatic rings. The van der Waals surface area contributed by atoms with Gasteiger partial charge in [0.15, 0.2) is 0 Å². The van der Waals surface area contributed by atoms with Crippen molar-refractivity contribution in [1.82, 2.24) is 14.7 Å². The second kappa shape index (κ2) is 7.19. The van der Waals surface area contributed by atoms with Gasteiger partial charge in [-0.25, -0.2) is 4.39 Å². The first-order valence-corrected chi connectivity index (χ1v) is 8.29. The molecule has 0 radical (unpaired) electrons. The van der Waals surface area contributed by atoms with Crippen molar-refractivity contribution in [2.75, 3.05) is 19.8 Å². The van der Waals surface area contributed by atoms with Crippen LogP contribution in [0.4, 0.5) is 4.39 Å². The average Bonchev–Trinajstić information content (AvgIpc) is 2.85. The maximum absolute atomic E-state index is 13.3. The maximum atomic E-state index is 13.3. The molecule has 1 atom stereocenters. The van der Waals surface area contributed by atoms with E-state index in [1.165, 1.54) is 18.2 Å². The quantitative estimate of drug-likeness (QED) is 0.805. The summed E-state index contributed by atoms with van der Waals surface area (Å²) in [6.07, 6.45) is 3.13. The smallest absolute Gasteiger partial charge is 0.247 e. The van der Waals surface area contributed by atoms with E-state index in [2.05, 4.69) is 5.10 Å². The van der Waals surface area contributed by atoms with Crippen molar-refractivity contribution >= 4 is 12.0 Å². The van der Waals surface area contributed by atoms with E-state index < -0.39 is 0 Å². The second-order valence-corrected chi connectivity index (χ2v) is 6.22. The predicted octanol–water partition coefficient (Wildman–Crippen LogP) is 2.79. The summed E-state index contributed by atoms with van der Waals surface area (Å²) in [5.41, 5.74) is 3.63. The maximum Gasteiger partial charge on any atom is 0.247 e. The van der Waals surface area contributed by atoms with Gasteiger partial charge in [0.25, 0.3) is 0 Å². The third-order valence-electron chi connectivity index (χ3n) is 4.58. The highest BCUT2D eigenvalue weighted by atomic mass is 19.1. The third-order valence-corrected chi connectivity index (χ3v) is 4.58. The molecule has 1 aliphatic heterocycles. The number of aromatic nitrogens is 2. The molecule has 0 N–H and O–H groups in total. The second-order valence-electron chi connectivity index (χ2n) is 6.22. The molecule has 0 saturated carbocycles. The van der Waals surface area contributed by atoms with Crippen LogP contribution in [-0.4, -0.2) is 40.3 Å². The van der Waals surface area contributed by atoms with Gasteiger partial charge in [-0.15, -0.1) is 0 Å². The van der Waals surface area contributed by atoms with Crippen LogP contribution in [0.1, 0.15) is 28.6 Å². The lowest BCUT2D eigenvalue weighted by molar-refractivity contribution is -0.134. The van der Waals surface area contributed by atoms with E-state index in [9.17, 15) is 9.18 Å². The van der Waals surface area contributed by atoms with Crippen LogP contribution in [0.15, 0.2) is 30.3 Å².